The van der Waals surface area contributed by atoms with E-state index in [1.807, 2.05) is 12.1 Å². The van der Waals surface area contributed by atoms with Crippen molar-refractivity contribution in [1.82, 2.24) is 4.90 Å². The second-order valence-corrected chi connectivity index (χ2v) is 5.77. The van der Waals surface area contributed by atoms with E-state index in [1.165, 1.54) is 0 Å². The van der Waals surface area contributed by atoms with Crippen molar-refractivity contribution in [1.29, 1.82) is 0 Å². The minimum atomic E-state index is 0.206. The Hall–Kier alpha value is -0.570. The first-order valence-corrected chi connectivity index (χ1v) is 6.97. The van der Waals surface area contributed by atoms with Crippen molar-refractivity contribution in [2.24, 2.45) is 0 Å². The number of Topliss-reactive ketones (excluding diaryl/α,β-unsaturated/α-hetero) is 1. The van der Waals surface area contributed by atoms with E-state index in [0.29, 0.717) is 28.7 Å². The summed E-state index contributed by atoms with van der Waals surface area (Å²) in [7, 11) is 0. The molecule has 0 bridgehead atoms. The van der Waals surface area contributed by atoms with Gasteiger partial charge in [0.2, 0.25) is 0 Å². The Labute approximate surface area is 118 Å². The molecule has 2 atom stereocenters. The van der Waals surface area contributed by atoms with Gasteiger partial charge in [0.1, 0.15) is 5.78 Å². The van der Waals surface area contributed by atoms with Gasteiger partial charge < -0.3 is 0 Å². The van der Waals surface area contributed by atoms with Gasteiger partial charge in [-0.15, -0.1) is 0 Å². The maximum Gasteiger partial charge on any atom is 0.135 e. The zero-order valence-corrected chi connectivity index (χ0v) is 12.1. The lowest BCUT2D eigenvalue weighted by atomic mass is 9.97. The molecule has 2 rings (SSSR count). The molecule has 1 aromatic carbocycles. The molecular formula is C14H17Cl2NO. The molecule has 1 aliphatic heterocycles. The van der Waals surface area contributed by atoms with Crippen LogP contribution in [-0.2, 0) is 4.79 Å². The van der Waals surface area contributed by atoms with Crippen LogP contribution in [0.25, 0.3) is 0 Å². The topological polar surface area (TPSA) is 20.3 Å². The van der Waals surface area contributed by atoms with Crippen molar-refractivity contribution >= 4 is 29.0 Å². The summed E-state index contributed by atoms with van der Waals surface area (Å²) in [4.78, 5) is 13.7. The molecule has 1 heterocycles. The van der Waals surface area contributed by atoms with E-state index in [-0.39, 0.29) is 12.1 Å². The van der Waals surface area contributed by atoms with Crippen LogP contribution < -0.4 is 0 Å². The lowest BCUT2D eigenvalue weighted by molar-refractivity contribution is -0.123. The zero-order chi connectivity index (χ0) is 13.3. The van der Waals surface area contributed by atoms with Crippen LogP contribution in [-0.4, -0.2) is 23.3 Å². The van der Waals surface area contributed by atoms with Crippen LogP contribution in [0.1, 0.15) is 38.3 Å². The Kier molecular flexibility index (Phi) is 4.31. The number of hydrogen-bond donors (Lipinski definition) is 0. The Morgan fingerprint density at radius 3 is 2.72 bits per heavy atom. The minimum absolute atomic E-state index is 0.206. The highest BCUT2D eigenvalue weighted by molar-refractivity contribution is 6.35. The zero-order valence-electron chi connectivity index (χ0n) is 10.6. The summed E-state index contributed by atoms with van der Waals surface area (Å²) in [6.45, 7) is 5.03. The molecule has 0 radical (unpaired) electrons. The van der Waals surface area contributed by atoms with E-state index >= 15 is 0 Å². The van der Waals surface area contributed by atoms with Crippen LogP contribution in [0.2, 0.25) is 10.0 Å². The van der Waals surface area contributed by atoms with E-state index in [4.69, 9.17) is 23.2 Å². The third-order valence-electron chi connectivity index (χ3n) is 3.65. The van der Waals surface area contributed by atoms with Crippen molar-refractivity contribution in [3.8, 4) is 0 Å². The summed E-state index contributed by atoms with van der Waals surface area (Å²) in [6.07, 6.45) is 1.27. The number of carbonyl (C=O) groups is 1. The maximum atomic E-state index is 11.4. The molecule has 4 heteroatoms. The van der Waals surface area contributed by atoms with E-state index < -0.39 is 0 Å². The van der Waals surface area contributed by atoms with Gasteiger partial charge in [0, 0.05) is 41.5 Å². The predicted molar refractivity (Wildman–Crippen MR) is 75.3 cm³/mol. The third kappa shape index (κ3) is 2.87. The molecule has 1 saturated heterocycles. The maximum absolute atomic E-state index is 11.4. The largest absolute Gasteiger partial charge is 0.300 e. The number of benzene rings is 1. The highest BCUT2D eigenvalue weighted by atomic mass is 35.5. The molecule has 0 amide bonds. The molecule has 0 aromatic heterocycles. The molecule has 0 aliphatic carbocycles. The summed E-state index contributed by atoms with van der Waals surface area (Å²) in [6, 6.07) is 6.08. The fraction of sp³-hybridized carbons (Fsp3) is 0.500. The highest BCUT2D eigenvalue weighted by Crippen LogP contribution is 2.32. The van der Waals surface area contributed by atoms with E-state index in [9.17, 15) is 4.79 Å². The lowest BCUT2D eigenvalue weighted by Gasteiger charge is -2.37. The summed E-state index contributed by atoms with van der Waals surface area (Å²) in [5.74, 6) is 0.355. The van der Waals surface area contributed by atoms with E-state index in [0.717, 1.165) is 12.1 Å². The van der Waals surface area contributed by atoms with Crippen LogP contribution in [0.4, 0.5) is 0 Å². The van der Waals surface area contributed by atoms with Crippen LogP contribution in [0.5, 0.6) is 0 Å². The van der Waals surface area contributed by atoms with E-state index in [1.54, 1.807) is 6.07 Å². The Balaban J connectivity index is 2.20. The van der Waals surface area contributed by atoms with Gasteiger partial charge in [-0.1, -0.05) is 29.3 Å². The fourth-order valence-corrected chi connectivity index (χ4v) is 3.18. The third-order valence-corrected chi connectivity index (χ3v) is 4.21. The van der Waals surface area contributed by atoms with Gasteiger partial charge in [-0.05, 0) is 31.5 Å². The van der Waals surface area contributed by atoms with Crippen molar-refractivity contribution in [3.63, 3.8) is 0 Å². The SMILES string of the molecule is CC1CC(=O)CCN1C(C)c1ccc(Cl)cc1Cl. The number of piperidine rings is 1. The molecule has 18 heavy (non-hydrogen) atoms. The molecule has 1 aliphatic rings. The van der Waals surface area contributed by atoms with Crippen molar-refractivity contribution in [2.75, 3.05) is 6.54 Å². The van der Waals surface area contributed by atoms with Crippen molar-refractivity contribution in [3.05, 3.63) is 33.8 Å². The predicted octanol–water partition coefficient (Wildman–Crippen LogP) is 4.11. The van der Waals surface area contributed by atoms with Crippen LogP contribution in [0, 0.1) is 0 Å². The fourth-order valence-electron chi connectivity index (χ4n) is 2.62. The van der Waals surface area contributed by atoms with Crippen LogP contribution in [0.15, 0.2) is 18.2 Å². The second-order valence-electron chi connectivity index (χ2n) is 4.92. The lowest BCUT2D eigenvalue weighted by Crippen LogP contribution is -2.42. The smallest absolute Gasteiger partial charge is 0.135 e. The molecule has 2 unspecified atom stereocenters. The van der Waals surface area contributed by atoms with Gasteiger partial charge in [0.15, 0.2) is 0 Å². The van der Waals surface area contributed by atoms with E-state index in [2.05, 4.69) is 18.7 Å². The summed E-state index contributed by atoms with van der Waals surface area (Å²) >= 11 is 12.2. The van der Waals surface area contributed by atoms with Gasteiger partial charge in [0.05, 0.1) is 0 Å². The average Bonchev–Trinajstić information content (AvgIpc) is 2.28. The highest BCUT2D eigenvalue weighted by Gasteiger charge is 2.28. The standard InChI is InChI=1S/C14H17Cl2NO/c1-9-7-12(18)5-6-17(9)10(2)13-4-3-11(15)8-14(13)16/h3-4,8-10H,5-7H2,1-2H3. The Bertz CT molecular complexity index is 461. The summed E-state index contributed by atoms with van der Waals surface area (Å²) < 4.78 is 0. The van der Waals surface area contributed by atoms with Crippen LogP contribution >= 0.6 is 23.2 Å². The van der Waals surface area contributed by atoms with Crippen molar-refractivity contribution < 1.29 is 4.79 Å². The average molecular weight is 286 g/mol. The number of ketones is 1. The van der Waals surface area contributed by atoms with Crippen LogP contribution in [0.3, 0.4) is 0 Å². The first-order valence-electron chi connectivity index (χ1n) is 6.21. The quantitative estimate of drug-likeness (QED) is 0.815. The molecule has 98 valence electrons. The molecule has 2 nitrogen and oxygen atoms in total. The summed E-state index contributed by atoms with van der Waals surface area (Å²) in [5, 5.41) is 1.34. The number of halogens is 2. The number of rotatable bonds is 2. The van der Waals surface area contributed by atoms with Gasteiger partial charge >= 0.3 is 0 Å². The Morgan fingerprint density at radius 2 is 2.11 bits per heavy atom. The molecule has 0 N–H and O–H groups in total. The minimum Gasteiger partial charge on any atom is -0.300 e. The Morgan fingerprint density at radius 1 is 1.39 bits per heavy atom. The number of likely N-dealkylation sites (tertiary alicyclic amines) is 1. The number of nitrogens with zero attached hydrogens (tertiary/aromatic N) is 1. The number of carbonyl (C=O) groups excluding carboxylic acids is 1. The molecule has 1 aromatic rings. The second kappa shape index (κ2) is 5.60. The monoisotopic (exact) mass is 285 g/mol. The molecular weight excluding hydrogens is 269 g/mol. The van der Waals surface area contributed by atoms with Gasteiger partial charge in [0.25, 0.3) is 0 Å². The molecule has 0 saturated carbocycles. The first kappa shape index (κ1) is 13.9. The van der Waals surface area contributed by atoms with Gasteiger partial charge in [-0.2, -0.15) is 0 Å². The van der Waals surface area contributed by atoms with Crippen molar-refractivity contribution in [2.45, 2.75) is 38.8 Å². The summed E-state index contributed by atoms with van der Waals surface area (Å²) in [5.41, 5.74) is 1.07. The molecule has 1 fully saturated rings. The number of hydrogen-bond acceptors (Lipinski definition) is 2. The first-order chi connectivity index (χ1) is 8.49. The normalized spacial score (nSPS) is 23.1. The van der Waals surface area contributed by atoms with Gasteiger partial charge in [-0.3, -0.25) is 9.69 Å². The molecule has 0 spiro atoms. The van der Waals surface area contributed by atoms with Gasteiger partial charge in [-0.25, -0.2) is 0 Å².